The summed E-state index contributed by atoms with van der Waals surface area (Å²) in [5.41, 5.74) is 1.70. The topological polar surface area (TPSA) is 97.2 Å². The van der Waals surface area contributed by atoms with Crippen LogP contribution in [0.5, 0.6) is 0 Å². The number of aromatic nitrogens is 3. The maximum atomic E-state index is 13.1. The highest BCUT2D eigenvalue weighted by atomic mass is 32.2. The number of hydrogen-bond donors (Lipinski definition) is 1. The Morgan fingerprint density at radius 1 is 1.06 bits per heavy atom. The molecule has 2 aromatic carbocycles. The van der Waals surface area contributed by atoms with Gasteiger partial charge in [0.1, 0.15) is 0 Å². The molecule has 0 aliphatic rings. The number of thioether (sulfide) groups is 1. The second-order valence-corrected chi connectivity index (χ2v) is 11.4. The Kier molecular flexibility index (Phi) is 9.47. The average Bonchev–Trinajstić information content (AvgIpc) is 3.25. The lowest BCUT2D eigenvalue weighted by atomic mass is 10.2. The van der Waals surface area contributed by atoms with E-state index in [1.807, 2.05) is 68.7 Å². The molecule has 0 spiro atoms. The van der Waals surface area contributed by atoms with Crippen LogP contribution in [0.3, 0.4) is 0 Å². The summed E-state index contributed by atoms with van der Waals surface area (Å²) in [5, 5.41) is 12.3. The van der Waals surface area contributed by atoms with Crippen molar-refractivity contribution in [2.24, 2.45) is 5.92 Å². The van der Waals surface area contributed by atoms with Crippen LogP contribution in [-0.4, -0.2) is 58.8 Å². The van der Waals surface area contributed by atoms with Gasteiger partial charge in [0.05, 0.1) is 17.2 Å². The van der Waals surface area contributed by atoms with Gasteiger partial charge < -0.3 is 5.32 Å². The third-order valence-corrected chi connectivity index (χ3v) is 8.39. The molecule has 0 aliphatic carbocycles. The smallest absolute Gasteiger partial charge is 0.243 e. The Labute approximate surface area is 212 Å². The minimum Gasteiger partial charge on any atom is -0.355 e. The van der Waals surface area contributed by atoms with Gasteiger partial charge in [-0.15, -0.1) is 10.2 Å². The molecule has 0 atom stereocenters. The van der Waals surface area contributed by atoms with Gasteiger partial charge in [0, 0.05) is 25.2 Å². The fourth-order valence-corrected chi connectivity index (χ4v) is 5.80. The molecule has 8 nitrogen and oxygen atoms in total. The van der Waals surface area contributed by atoms with Crippen LogP contribution in [0.1, 0.15) is 33.3 Å². The minimum atomic E-state index is -3.61. The van der Waals surface area contributed by atoms with Crippen LogP contribution in [0.25, 0.3) is 11.4 Å². The molecule has 1 aromatic heterocycles. The van der Waals surface area contributed by atoms with Crippen LogP contribution in [-0.2, 0) is 21.4 Å². The van der Waals surface area contributed by atoms with Crippen molar-refractivity contribution >= 4 is 27.7 Å². The zero-order valence-corrected chi connectivity index (χ0v) is 22.3. The van der Waals surface area contributed by atoms with E-state index in [0.717, 1.165) is 5.56 Å². The van der Waals surface area contributed by atoms with Crippen molar-refractivity contribution in [3.63, 3.8) is 0 Å². The molecule has 0 radical (unpaired) electrons. The number of nitrogens with zero attached hydrogens (tertiary/aromatic N) is 4. The molecule has 1 N–H and O–H groups in total. The first kappa shape index (κ1) is 26.9. The van der Waals surface area contributed by atoms with Crippen LogP contribution in [0.4, 0.5) is 0 Å². The summed E-state index contributed by atoms with van der Waals surface area (Å²) in [5.74, 6) is 1.08. The summed E-state index contributed by atoms with van der Waals surface area (Å²) in [6, 6.07) is 16.7. The number of rotatable bonds is 12. The van der Waals surface area contributed by atoms with Gasteiger partial charge in [0.15, 0.2) is 11.0 Å². The average molecular weight is 516 g/mol. The van der Waals surface area contributed by atoms with Crippen LogP contribution in [0.15, 0.2) is 64.6 Å². The van der Waals surface area contributed by atoms with E-state index < -0.39 is 10.0 Å². The summed E-state index contributed by atoms with van der Waals surface area (Å²) in [6.07, 6.45) is 0. The van der Waals surface area contributed by atoms with E-state index in [9.17, 15) is 13.2 Å². The molecule has 0 aliphatic heterocycles. The van der Waals surface area contributed by atoms with E-state index in [4.69, 9.17) is 0 Å². The molecule has 0 fully saturated rings. The normalized spacial score (nSPS) is 11.8. The summed E-state index contributed by atoms with van der Waals surface area (Å²) in [6.45, 7) is 9.64. The lowest BCUT2D eigenvalue weighted by molar-refractivity contribution is -0.118. The molecule has 0 saturated carbocycles. The maximum Gasteiger partial charge on any atom is 0.243 e. The lowest BCUT2D eigenvalue weighted by Gasteiger charge is -2.19. The zero-order chi connectivity index (χ0) is 25.4. The fraction of sp³-hybridized carbons (Fsp3) is 0.400. The molecule has 10 heteroatoms. The third kappa shape index (κ3) is 6.93. The van der Waals surface area contributed by atoms with Crippen molar-refractivity contribution in [3.8, 4) is 11.4 Å². The van der Waals surface area contributed by atoms with Crippen LogP contribution in [0, 0.1) is 5.92 Å². The molecular formula is C25H33N5O3S2. The second kappa shape index (κ2) is 12.3. The number of hydrogen-bond acceptors (Lipinski definition) is 6. The quantitative estimate of drug-likeness (QED) is 0.368. The van der Waals surface area contributed by atoms with E-state index in [1.165, 1.54) is 16.1 Å². The molecule has 0 saturated heterocycles. The van der Waals surface area contributed by atoms with Gasteiger partial charge in [-0.2, -0.15) is 4.31 Å². The summed E-state index contributed by atoms with van der Waals surface area (Å²) in [4.78, 5) is 12.5. The lowest BCUT2D eigenvalue weighted by Crippen LogP contribution is -2.30. The van der Waals surface area contributed by atoms with Crippen molar-refractivity contribution in [3.05, 3.63) is 60.2 Å². The molecule has 188 valence electrons. The number of benzene rings is 2. The molecule has 35 heavy (non-hydrogen) atoms. The van der Waals surface area contributed by atoms with Crippen molar-refractivity contribution < 1.29 is 13.2 Å². The minimum absolute atomic E-state index is 0.0631. The van der Waals surface area contributed by atoms with E-state index in [1.54, 1.807) is 18.2 Å². The Hall–Kier alpha value is -2.69. The van der Waals surface area contributed by atoms with E-state index in [-0.39, 0.29) is 16.6 Å². The van der Waals surface area contributed by atoms with Crippen LogP contribution in [0.2, 0.25) is 0 Å². The molecule has 3 aromatic rings. The van der Waals surface area contributed by atoms with Crippen molar-refractivity contribution in [1.29, 1.82) is 0 Å². The van der Waals surface area contributed by atoms with Crippen LogP contribution < -0.4 is 5.32 Å². The van der Waals surface area contributed by atoms with Crippen LogP contribution >= 0.6 is 11.8 Å². The first-order valence-corrected chi connectivity index (χ1v) is 14.2. The van der Waals surface area contributed by atoms with Crippen molar-refractivity contribution in [1.82, 2.24) is 24.4 Å². The SMILES string of the molecule is CCN(CC)S(=O)(=O)c1cccc(-c2nnc(SCC(=O)NCC(C)C)n2Cc2ccccc2)c1. The van der Waals surface area contributed by atoms with Gasteiger partial charge >= 0.3 is 0 Å². The third-order valence-electron chi connectivity index (χ3n) is 5.38. The van der Waals surface area contributed by atoms with Gasteiger partial charge in [0.25, 0.3) is 0 Å². The summed E-state index contributed by atoms with van der Waals surface area (Å²) < 4.78 is 29.5. The molecule has 3 rings (SSSR count). The maximum absolute atomic E-state index is 13.1. The zero-order valence-electron chi connectivity index (χ0n) is 20.6. The number of sulfonamides is 1. The standard InChI is InChI=1S/C25H33N5O3S2/c1-5-29(6-2)35(32,33)22-14-10-13-21(15-22)24-27-28-25(34-18-23(31)26-16-19(3)4)30(24)17-20-11-8-7-9-12-20/h7-15,19H,5-6,16-18H2,1-4H3,(H,26,31). The highest BCUT2D eigenvalue weighted by Gasteiger charge is 2.23. The first-order valence-electron chi connectivity index (χ1n) is 11.7. The predicted molar refractivity (Wildman–Crippen MR) is 140 cm³/mol. The Morgan fingerprint density at radius 3 is 2.43 bits per heavy atom. The predicted octanol–water partition coefficient (Wildman–Crippen LogP) is 3.89. The van der Waals surface area contributed by atoms with Gasteiger partial charge in [0.2, 0.25) is 15.9 Å². The van der Waals surface area contributed by atoms with Crippen molar-refractivity contribution in [2.75, 3.05) is 25.4 Å². The highest BCUT2D eigenvalue weighted by molar-refractivity contribution is 7.99. The Balaban J connectivity index is 1.95. The number of carbonyl (C=O) groups is 1. The second-order valence-electron chi connectivity index (χ2n) is 8.48. The number of carbonyl (C=O) groups excluding carboxylic acids is 1. The first-order chi connectivity index (χ1) is 16.8. The number of nitrogens with one attached hydrogen (secondary N) is 1. The van der Waals surface area contributed by atoms with Gasteiger partial charge in [-0.3, -0.25) is 9.36 Å². The van der Waals surface area contributed by atoms with Gasteiger partial charge in [-0.25, -0.2) is 8.42 Å². The van der Waals surface area contributed by atoms with E-state index >= 15 is 0 Å². The molecule has 0 unspecified atom stereocenters. The molecule has 1 amide bonds. The van der Waals surface area contributed by atoms with Gasteiger partial charge in [-0.1, -0.05) is 81.9 Å². The fourth-order valence-electron chi connectivity index (χ4n) is 3.52. The monoisotopic (exact) mass is 515 g/mol. The number of amides is 1. The van der Waals surface area contributed by atoms with E-state index in [2.05, 4.69) is 15.5 Å². The largest absolute Gasteiger partial charge is 0.355 e. The highest BCUT2D eigenvalue weighted by Crippen LogP contribution is 2.27. The summed E-state index contributed by atoms with van der Waals surface area (Å²) >= 11 is 1.31. The van der Waals surface area contributed by atoms with Crippen molar-refractivity contribution in [2.45, 2.75) is 44.3 Å². The Morgan fingerprint density at radius 2 is 1.77 bits per heavy atom. The van der Waals surface area contributed by atoms with E-state index in [0.29, 0.717) is 48.6 Å². The molecular weight excluding hydrogens is 482 g/mol. The Bertz CT molecular complexity index is 1220. The molecule has 1 heterocycles. The van der Waals surface area contributed by atoms with Gasteiger partial charge in [-0.05, 0) is 23.6 Å². The summed E-state index contributed by atoms with van der Waals surface area (Å²) in [7, 11) is -3.61. The molecule has 0 bridgehead atoms.